The van der Waals surface area contributed by atoms with E-state index < -0.39 is 0 Å². The summed E-state index contributed by atoms with van der Waals surface area (Å²) in [6.07, 6.45) is 0.975. The monoisotopic (exact) mass is 291 g/mol. The average molecular weight is 291 g/mol. The van der Waals surface area contributed by atoms with Crippen LogP contribution in [0.3, 0.4) is 0 Å². The molecule has 4 heteroatoms. The van der Waals surface area contributed by atoms with Gasteiger partial charge in [-0.1, -0.05) is 26.8 Å². The molecule has 1 aromatic rings. The van der Waals surface area contributed by atoms with E-state index in [2.05, 4.69) is 48.7 Å². The number of aromatic nitrogens is 1. The average Bonchev–Trinajstić information content (AvgIpc) is 2.39. The maximum atomic E-state index is 5.82. The van der Waals surface area contributed by atoms with Crippen molar-refractivity contribution < 1.29 is 4.74 Å². The topological polar surface area (TPSA) is 28.6 Å². The zero-order chi connectivity index (χ0) is 15.3. The lowest BCUT2D eigenvalue weighted by Crippen LogP contribution is -2.45. The summed E-state index contributed by atoms with van der Waals surface area (Å²) in [4.78, 5) is 9.43. The summed E-state index contributed by atoms with van der Waals surface area (Å²) in [5, 5.41) is 0. The van der Waals surface area contributed by atoms with Crippen molar-refractivity contribution in [2.75, 3.05) is 46.4 Å². The molecular formula is C17H29N3O. The van der Waals surface area contributed by atoms with E-state index in [1.54, 1.807) is 0 Å². The molecule has 4 nitrogen and oxygen atoms in total. The minimum atomic E-state index is 0.255. The third-order valence-electron chi connectivity index (χ3n) is 3.75. The lowest BCUT2D eigenvalue weighted by Gasteiger charge is -2.32. The van der Waals surface area contributed by atoms with Gasteiger partial charge in [0.1, 0.15) is 6.61 Å². The summed E-state index contributed by atoms with van der Waals surface area (Å²) < 4.78 is 5.82. The highest BCUT2D eigenvalue weighted by Crippen LogP contribution is 2.20. The molecule has 2 heterocycles. The van der Waals surface area contributed by atoms with Gasteiger partial charge in [0.05, 0.1) is 0 Å². The minimum absolute atomic E-state index is 0.255. The van der Waals surface area contributed by atoms with Gasteiger partial charge in [-0.15, -0.1) is 0 Å². The molecule has 0 spiro atoms. The molecule has 1 aliphatic rings. The maximum Gasteiger partial charge on any atom is 0.213 e. The van der Waals surface area contributed by atoms with E-state index >= 15 is 0 Å². The van der Waals surface area contributed by atoms with Crippen LogP contribution in [0.15, 0.2) is 18.2 Å². The number of nitrogens with zero attached hydrogens (tertiary/aromatic N) is 3. The molecule has 0 atom stereocenters. The third kappa shape index (κ3) is 6.02. The molecule has 21 heavy (non-hydrogen) atoms. The van der Waals surface area contributed by atoms with E-state index in [0.29, 0.717) is 0 Å². The second-order valence-corrected chi connectivity index (χ2v) is 7.20. The van der Waals surface area contributed by atoms with Gasteiger partial charge in [-0.05, 0) is 24.9 Å². The molecule has 0 aliphatic carbocycles. The van der Waals surface area contributed by atoms with Crippen LogP contribution in [-0.4, -0.2) is 61.2 Å². The van der Waals surface area contributed by atoms with Crippen LogP contribution < -0.4 is 4.74 Å². The Morgan fingerprint density at radius 3 is 2.52 bits per heavy atom. The summed E-state index contributed by atoms with van der Waals surface area (Å²) in [6, 6.07) is 6.08. The molecule has 0 unspecified atom stereocenters. The van der Waals surface area contributed by atoms with E-state index in [4.69, 9.17) is 4.74 Å². The second kappa shape index (κ2) is 7.23. The summed E-state index contributed by atoms with van der Waals surface area (Å²) >= 11 is 0. The van der Waals surface area contributed by atoms with Crippen LogP contribution in [0.1, 0.15) is 26.5 Å². The minimum Gasteiger partial charge on any atom is -0.476 e. The Kier molecular flexibility index (Phi) is 5.59. The van der Waals surface area contributed by atoms with Gasteiger partial charge in [0.25, 0.3) is 0 Å². The highest BCUT2D eigenvalue weighted by molar-refractivity contribution is 5.16. The SMILES string of the molecule is CN1CCN(CCOc2cccc(CC(C)(C)C)n2)CC1. The lowest BCUT2D eigenvalue weighted by molar-refractivity contribution is 0.132. The first-order valence-corrected chi connectivity index (χ1v) is 7.92. The Morgan fingerprint density at radius 1 is 1.14 bits per heavy atom. The number of ether oxygens (including phenoxy) is 1. The van der Waals surface area contributed by atoms with Gasteiger partial charge in [-0.2, -0.15) is 0 Å². The van der Waals surface area contributed by atoms with E-state index in [-0.39, 0.29) is 5.41 Å². The summed E-state index contributed by atoms with van der Waals surface area (Å²) in [6.45, 7) is 13.0. The van der Waals surface area contributed by atoms with Crippen LogP contribution in [0.4, 0.5) is 0 Å². The number of likely N-dealkylation sites (N-methyl/N-ethyl adjacent to an activating group) is 1. The Hall–Kier alpha value is -1.13. The summed E-state index contributed by atoms with van der Waals surface area (Å²) in [5.41, 5.74) is 1.37. The van der Waals surface area contributed by atoms with Crippen molar-refractivity contribution in [3.63, 3.8) is 0 Å². The smallest absolute Gasteiger partial charge is 0.213 e. The molecule has 2 rings (SSSR count). The molecular weight excluding hydrogens is 262 g/mol. The zero-order valence-electron chi connectivity index (χ0n) is 13.9. The van der Waals surface area contributed by atoms with Crippen LogP contribution in [0.5, 0.6) is 5.88 Å². The fraction of sp³-hybridized carbons (Fsp3) is 0.706. The molecule has 0 saturated carbocycles. The third-order valence-corrected chi connectivity index (χ3v) is 3.75. The van der Waals surface area contributed by atoms with Crippen LogP contribution in [0.2, 0.25) is 0 Å². The van der Waals surface area contributed by atoms with Crippen molar-refractivity contribution in [1.29, 1.82) is 0 Å². The zero-order valence-corrected chi connectivity index (χ0v) is 13.9. The molecule has 1 saturated heterocycles. The quantitative estimate of drug-likeness (QED) is 0.832. The molecule has 0 aromatic carbocycles. The molecule has 1 aliphatic heterocycles. The normalized spacial score (nSPS) is 17.9. The molecule has 1 fully saturated rings. The highest BCUT2D eigenvalue weighted by atomic mass is 16.5. The number of rotatable bonds is 5. The van der Waals surface area contributed by atoms with Crippen molar-refractivity contribution in [3.8, 4) is 5.88 Å². The predicted molar refractivity (Wildman–Crippen MR) is 86.8 cm³/mol. The van der Waals surface area contributed by atoms with Gasteiger partial charge < -0.3 is 9.64 Å². The largest absolute Gasteiger partial charge is 0.476 e. The van der Waals surface area contributed by atoms with Crippen LogP contribution >= 0.6 is 0 Å². The van der Waals surface area contributed by atoms with E-state index in [1.165, 1.54) is 0 Å². The van der Waals surface area contributed by atoms with Crippen molar-refractivity contribution in [3.05, 3.63) is 23.9 Å². The van der Waals surface area contributed by atoms with Gasteiger partial charge in [0.2, 0.25) is 5.88 Å². The number of hydrogen-bond acceptors (Lipinski definition) is 4. The fourth-order valence-corrected chi connectivity index (χ4v) is 2.53. The molecule has 118 valence electrons. The number of piperazine rings is 1. The van der Waals surface area contributed by atoms with Gasteiger partial charge in [0, 0.05) is 44.5 Å². The number of pyridine rings is 1. The van der Waals surface area contributed by atoms with E-state index in [9.17, 15) is 0 Å². The fourth-order valence-electron chi connectivity index (χ4n) is 2.53. The molecule has 1 aromatic heterocycles. The van der Waals surface area contributed by atoms with Gasteiger partial charge in [-0.25, -0.2) is 4.98 Å². The molecule has 0 amide bonds. The molecule has 0 radical (unpaired) electrons. The van der Waals surface area contributed by atoms with Crippen molar-refractivity contribution in [2.24, 2.45) is 5.41 Å². The standard InChI is InChI=1S/C17H29N3O/c1-17(2,3)14-15-6-5-7-16(18-15)21-13-12-20-10-8-19(4)9-11-20/h5-7H,8-14H2,1-4H3. The molecule has 0 N–H and O–H groups in total. The Morgan fingerprint density at radius 2 is 1.86 bits per heavy atom. The summed E-state index contributed by atoms with van der Waals surface area (Å²) in [7, 11) is 2.18. The van der Waals surface area contributed by atoms with Crippen molar-refractivity contribution in [2.45, 2.75) is 27.2 Å². The highest BCUT2D eigenvalue weighted by Gasteiger charge is 2.14. The molecule has 0 bridgehead atoms. The predicted octanol–water partition coefficient (Wildman–Crippen LogP) is 2.30. The van der Waals surface area contributed by atoms with E-state index in [1.807, 2.05) is 12.1 Å². The van der Waals surface area contributed by atoms with E-state index in [0.717, 1.165) is 57.3 Å². The lowest BCUT2D eigenvalue weighted by atomic mass is 9.90. The van der Waals surface area contributed by atoms with Crippen LogP contribution in [0.25, 0.3) is 0 Å². The van der Waals surface area contributed by atoms with Gasteiger partial charge in [0.15, 0.2) is 0 Å². The summed E-state index contributed by atoms with van der Waals surface area (Å²) in [5.74, 6) is 0.755. The first-order valence-electron chi connectivity index (χ1n) is 7.92. The van der Waals surface area contributed by atoms with Crippen LogP contribution in [-0.2, 0) is 6.42 Å². The van der Waals surface area contributed by atoms with Gasteiger partial charge >= 0.3 is 0 Å². The Balaban J connectivity index is 1.77. The van der Waals surface area contributed by atoms with Crippen LogP contribution in [0, 0.1) is 5.41 Å². The maximum absolute atomic E-state index is 5.82. The first-order chi connectivity index (χ1) is 9.92. The number of hydrogen-bond donors (Lipinski definition) is 0. The van der Waals surface area contributed by atoms with Crippen molar-refractivity contribution >= 4 is 0 Å². The first kappa shape index (κ1) is 16.2. The van der Waals surface area contributed by atoms with Gasteiger partial charge in [-0.3, -0.25) is 4.90 Å². The second-order valence-electron chi connectivity index (χ2n) is 7.20. The Labute approximate surface area is 129 Å². The van der Waals surface area contributed by atoms with Crippen molar-refractivity contribution in [1.82, 2.24) is 14.8 Å². The Bertz CT molecular complexity index is 434.